The summed E-state index contributed by atoms with van der Waals surface area (Å²) in [5.41, 5.74) is -5.43. The molecule has 29 heavy (non-hydrogen) atoms. The molecule has 1 aromatic rings. The lowest BCUT2D eigenvalue weighted by Crippen LogP contribution is -2.58. The molecule has 1 amide bonds. The number of carbonyl (C=O) groups is 1. The zero-order valence-electron chi connectivity index (χ0n) is 15.9. The van der Waals surface area contributed by atoms with E-state index in [2.05, 4.69) is 5.10 Å². The second-order valence-electron chi connectivity index (χ2n) is 7.92. The van der Waals surface area contributed by atoms with Crippen molar-refractivity contribution in [2.24, 2.45) is 10.5 Å². The van der Waals surface area contributed by atoms with Crippen LogP contribution in [0, 0.1) is 12.3 Å². The zero-order valence-corrected chi connectivity index (χ0v) is 15.9. The Morgan fingerprint density at radius 2 is 1.66 bits per heavy atom. The highest BCUT2D eigenvalue weighted by Gasteiger charge is 2.76. The van der Waals surface area contributed by atoms with Crippen molar-refractivity contribution in [3.63, 3.8) is 0 Å². The number of benzene rings is 1. The number of aryl methyl sites for hydroxylation is 1. The molecule has 0 aliphatic carbocycles. The predicted octanol–water partition coefficient (Wildman–Crippen LogP) is 4.76. The van der Waals surface area contributed by atoms with Crippen molar-refractivity contribution in [3.8, 4) is 0 Å². The number of aliphatic hydroxyl groups is 1. The maximum atomic E-state index is 14.2. The SMILES string of the molecule is Cc1cccc(C(=O)N2N=C(C(F)(F)C(F)(F)C(F)(F)F)C[C@]2(O)C(C)(C)C)c1. The van der Waals surface area contributed by atoms with Gasteiger partial charge in [0.25, 0.3) is 5.91 Å². The fourth-order valence-corrected chi connectivity index (χ4v) is 2.78. The van der Waals surface area contributed by atoms with E-state index in [9.17, 15) is 40.6 Å². The maximum Gasteiger partial charge on any atom is 0.460 e. The molecule has 0 aromatic heterocycles. The van der Waals surface area contributed by atoms with Crippen molar-refractivity contribution in [1.29, 1.82) is 0 Å². The average molecular weight is 428 g/mol. The maximum absolute atomic E-state index is 14.2. The van der Waals surface area contributed by atoms with Gasteiger partial charge < -0.3 is 5.11 Å². The predicted molar refractivity (Wildman–Crippen MR) is 89.8 cm³/mol. The number of rotatable bonds is 3. The molecule has 0 fully saturated rings. The lowest BCUT2D eigenvalue weighted by Gasteiger charge is -2.41. The van der Waals surface area contributed by atoms with Crippen LogP contribution in [0.15, 0.2) is 29.4 Å². The summed E-state index contributed by atoms with van der Waals surface area (Å²) in [5.74, 6) is -13.3. The topological polar surface area (TPSA) is 52.9 Å². The molecule has 1 aromatic carbocycles. The van der Waals surface area contributed by atoms with Crippen LogP contribution < -0.4 is 0 Å². The fraction of sp³-hybridized carbons (Fsp3) is 0.556. The number of hydrogen-bond donors (Lipinski definition) is 1. The van der Waals surface area contributed by atoms with Gasteiger partial charge in [0.2, 0.25) is 0 Å². The number of amides is 1. The second-order valence-corrected chi connectivity index (χ2v) is 7.92. The van der Waals surface area contributed by atoms with E-state index in [1.165, 1.54) is 39.0 Å². The summed E-state index contributed by atoms with van der Waals surface area (Å²) in [6.07, 6.45) is -7.94. The summed E-state index contributed by atoms with van der Waals surface area (Å²) in [7, 11) is 0. The minimum Gasteiger partial charge on any atom is -0.368 e. The number of carbonyl (C=O) groups excluding carboxylic acids is 1. The Bertz CT molecular complexity index is 843. The van der Waals surface area contributed by atoms with Gasteiger partial charge in [-0.1, -0.05) is 38.5 Å². The molecule has 0 saturated heterocycles. The number of hydrogen-bond acceptors (Lipinski definition) is 3. The van der Waals surface area contributed by atoms with Crippen LogP contribution in [-0.2, 0) is 0 Å². The average Bonchev–Trinajstić information content (AvgIpc) is 2.92. The summed E-state index contributed by atoms with van der Waals surface area (Å²) >= 11 is 0. The molecule has 1 heterocycles. The number of nitrogens with zero attached hydrogens (tertiary/aromatic N) is 2. The smallest absolute Gasteiger partial charge is 0.368 e. The van der Waals surface area contributed by atoms with Gasteiger partial charge in [-0.2, -0.15) is 40.8 Å². The molecule has 0 bridgehead atoms. The highest BCUT2D eigenvalue weighted by Crippen LogP contribution is 2.51. The van der Waals surface area contributed by atoms with Gasteiger partial charge in [-0.05, 0) is 19.1 Å². The Hall–Kier alpha value is -2.17. The number of alkyl halides is 7. The highest BCUT2D eigenvalue weighted by molar-refractivity contribution is 6.00. The van der Waals surface area contributed by atoms with Gasteiger partial charge in [-0.15, -0.1) is 0 Å². The normalized spacial score (nSPS) is 21.4. The first-order valence-corrected chi connectivity index (χ1v) is 8.40. The molecule has 1 atom stereocenters. The summed E-state index contributed by atoms with van der Waals surface area (Å²) in [6.45, 7) is 5.54. The van der Waals surface area contributed by atoms with Crippen molar-refractivity contribution < 1.29 is 40.6 Å². The second kappa shape index (κ2) is 6.68. The van der Waals surface area contributed by atoms with Crippen molar-refractivity contribution in [2.45, 2.75) is 57.9 Å². The Kier molecular flexibility index (Phi) is 5.32. The molecule has 0 unspecified atom stereocenters. The Balaban J connectivity index is 2.61. The molecule has 1 aliphatic rings. The van der Waals surface area contributed by atoms with Crippen molar-refractivity contribution in [2.75, 3.05) is 0 Å². The number of hydrazone groups is 1. The van der Waals surface area contributed by atoms with Crippen LogP contribution in [0.1, 0.15) is 43.1 Å². The largest absolute Gasteiger partial charge is 0.460 e. The van der Waals surface area contributed by atoms with E-state index in [1.807, 2.05) is 0 Å². The van der Waals surface area contributed by atoms with E-state index in [0.29, 0.717) is 5.56 Å². The van der Waals surface area contributed by atoms with Crippen LogP contribution >= 0.6 is 0 Å². The van der Waals surface area contributed by atoms with Gasteiger partial charge in [-0.25, -0.2) is 0 Å². The minimum atomic E-state index is -6.56. The molecule has 1 aliphatic heterocycles. The van der Waals surface area contributed by atoms with Crippen molar-refractivity contribution in [3.05, 3.63) is 35.4 Å². The molecule has 1 N–H and O–H groups in total. The lowest BCUT2D eigenvalue weighted by molar-refractivity contribution is -0.336. The fourth-order valence-electron chi connectivity index (χ4n) is 2.78. The van der Waals surface area contributed by atoms with Crippen LogP contribution in [0.2, 0.25) is 0 Å². The monoisotopic (exact) mass is 428 g/mol. The van der Waals surface area contributed by atoms with Crippen LogP contribution in [-0.4, -0.2) is 45.5 Å². The molecule has 2 rings (SSSR count). The Morgan fingerprint density at radius 1 is 1.10 bits per heavy atom. The van der Waals surface area contributed by atoms with Crippen molar-refractivity contribution in [1.82, 2.24) is 5.01 Å². The van der Waals surface area contributed by atoms with E-state index in [-0.39, 0.29) is 10.6 Å². The van der Waals surface area contributed by atoms with Crippen LogP contribution in [0.3, 0.4) is 0 Å². The molecule has 0 radical (unpaired) electrons. The molecular formula is C18H19F7N2O2. The van der Waals surface area contributed by atoms with E-state index >= 15 is 0 Å². The summed E-state index contributed by atoms with van der Waals surface area (Å²) in [4.78, 5) is 12.8. The summed E-state index contributed by atoms with van der Waals surface area (Å²) < 4.78 is 93.0. The van der Waals surface area contributed by atoms with E-state index in [1.54, 1.807) is 13.0 Å². The van der Waals surface area contributed by atoms with E-state index in [4.69, 9.17) is 0 Å². The third-order valence-electron chi connectivity index (χ3n) is 4.76. The molecule has 4 nitrogen and oxygen atoms in total. The van der Waals surface area contributed by atoms with Gasteiger partial charge in [0.15, 0.2) is 5.72 Å². The molecule has 11 heteroatoms. The van der Waals surface area contributed by atoms with E-state index < -0.39 is 47.2 Å². The van der Waals surface area contributed by atoms with Crippen LogP contribution in [0.5, 0.6) is 0 Å². The van der Waals surface area contributed by atoms with Crippen LogP contribution in [0.4, 0.5) is 30.7 Å². The van der Waals surface area contributed by atoms with Gasteiger partial charge in [-0.3, -0.25) is 4.79 Å². The summed E-state index contributed by atoms with van der Waals surface area (Å²) in [5, 5.41) is 14.2. The first kappa shape index (κ1) is 23.1. The van der Waals surface area contributed by atoms with Gasteiger partial charge in [0.1, 0.15) is 5.71 Å². The molecule has 0 spiro atoms. The van der Waals surface area contributed by atoms with Gasteiger partial charge in [0.05, 0.1) is 0 Å². The van der Waals surface area contributed by atoms with Crippen LogP contribution in [0.25, 0.3) is 0 Å². The Morgan fingerprint density at radius 3 is 2.10 bits per heavy atom. The van der Waals surface area contributed by atoms with Crippen molar-refractivity contribution >= 4 is 11.6 Å². The number of halogens is 7. The quantitative estimate of drug-likeness (QED) is 0.706. The lowest BCUT2D eigenvalue weighted by atomic mass is 9.79. The first-order valence-electron chi connectivity index (χ1n) is 8.40. The third-order valence-corrected chi connectivity index (χ3v) is 4.76. The summed E-state index contributed by atoms with van der Waals surface area (Å²) in [6, 6.07) is 5.67. The van der Waals surface area contributed by atoms with Gasteiger partial charge >= 0.3 is 18.0 Å². The zero-order chi connectivity index (χ0) is 22.6. The Labute approximate surface area is 162 Å². The third kappa shape index (κ3) is 3.60. The highest BCUT2D eigenvalue weighted by atomic mass is 19.4. The molecule has 0 saturated carbocycles. The minimum absolute atomic E-state index is 0.108. The van der Waals surface area contributed by atoms with Gasteiger partial charge in [0, 0.05) is 17.4 Å². The first-order chi connectivity index (χ1) is 12.9. The standard InChI is InChI=1S/C18H19F7N2O2/c1-10-6-5-7-11(8-10)13(28)27-15(29,14(2,3)4)9-12(26-27)16(19,20)17(21,22)18(23,24)25/h5-8,29H,9H2,1-4H3/t15-/m0/s1. The molecule has 162 valence electrons. The van der Waals surface area contributed by atoms with E-state index in [0.717, 1.165) is 0 Å². The molecular weight excluding hydrogens is 409 g/mol.